The van der Waals surface area contributed by atoms with E-state index in [1.54, 1.807) is 0 Å². The average molecular weight is 315 g/mol. The van der Waals surface area contributed by atoms with Gasteiger partial charge in [-0.15, -0.1) is 0 Å². The van der Waals surface area contributed by atoms with Crippen molar-refractivity contribution in [2.24, 2.45) is 5.92 Å². The number of fused-ring (bicyclic) bond motifs is 2. The molecule has 124 valence electrons. The number of amides is 1. The molecule has 4 rings (SSSR count). The largest absolute Gasteiger partial charge is 0.373 e. The van der Waals surface area contributed by atoms with Gasteiger partial charge in [-0.25, -0.2) is 0 Å². The SMILES string of the molecule is CN1CCC(NC(=O)[C@H]2[C@H](c3ccncc3)[C@@H]3CC[C@H]2O3)CC1. The number of pyridine rings is 1. The van der Waals surface area contributed by atoms with Gasteiger partial charge in [0.1, 0.15) is 0 Å². The third-order valence-corrected chi connectivity index (χ3v) is 5.73. The smallest absolute Gasteiger partial charge is 0.226 e. The number of hydrogen-bond donors (Lipinski definition) is 1. The van der Waals surface area contributed by atoms with Gasteiger partial charge in [-0.3, -0.25) is 9.78 Å². The van der Waals surface area contributed by atoms with Crippen molar-refractivity contribution < 1.29 is 9.53 Å². The van der Waals surface area contributed by atoms with E-state index in [9.17, 15) is 4.79 Å². The highest BCUT2D eigenvalue weighted by molar-refractivity contribution is 5.81. The molecule has 23 heavy (non-hydrogen) atoms. The third kappa shape index (κ3) is 2.88. The summed E-state index contributed by atoms with van der Waals surface area (Å²) in [7, 11) is 2.14. The van der Waals surface area contributed by atoms with Crippen LogP contribution in [-0.2, 0) is 9.53 Å². The normalized spacial score (nSPS) is 34.7. The minimum Gasteiger partial charge on any atom is -0.373 e. The molecule has 5 heteroatoms. The first-order valence-corrected chi connectivity index (χ1v) is 8.76. The molecule has 0 aromatic carbocycles. The first kappa shape index (κ1) is 15.1. The summed E-state index contributed by atoms with van der Waals surface area (Å²) in [5.41, 5.74) is 1.19. The Bertz CT molecular complexity index is 557. The van der Waals surface area contributed by atoms with E-state index in [0.29, 0.717) is 6.04 Å². The number of hydrogen-bond acceptors (Lipinski definition) is 4. The van der Waals surface area contributed by atoms with Crippen LogP contribution in [0.2, 0.25) is 0 Å². The predicted octanol–water partition coefficient (Wildman–Crippen LogP) is 1.55. The number of aromatic nitrogens is 1. The highest BCUT2D eigenvalue weighted by Gasteiger charge is 2.52. The molecule has 2 bridgehead atoms. The molecule has 3 saturated heterocycles. The second kappa shape index (κ2) is 6.21. The van der Waals surface area contributed by atoms with Crippen LogP contribution in [0.5, 0.6) is 0 Å². The van der Waals surface area contributed by atoms with Crippen LogP contribution in [0.4, 0.5) is 0 Å². The standard InChI is InChI=1S/C18H25N3O2/c1-21-10-6-13(7-11-21)20-18(22)17-15-3-2-14(23-15)16(17)12-4-8-19-9-5-12/h4-5,8-9,13-17H,2-3,6-7,10-11H2,1H3,(H,20,22)/t14-,15+,16+,17+/m0/s1. The van der Waals surface area contributed by atoms with Crippen LogP contribution < -0.4 is 5.32 Å². The number of likely N-dealkylation sites (tertiary alicyclic amines) is 1. The zero-order valence-corrected chi connectivity index (χ0v) is 13.6. The minimum atomic E-state index is -0.0455. The molecule has 4 atom stereocenters. The fraction of sp³-hybridized carbons (Fsp3) is 0.667. The Kier molecular flexibility index (Phi) is 4.07. The van der Waals surface area contributed by atoms with Crippen LogP contribution in [0.1, 0.15) is 37.2 Å². The summed E-state index contributed by atoms with van der Waals surface area (Å²) in [5.74, 6) is 0.326. The highest BCUT2D eigenvalue weighted by atomic mass is 16.5. The van der Waals surface area contributed by atoms with Gasteiger partial charge in [-0.05, 0) is 63.5 Å². The van der Waals surface area contributed by atoms with E-state index >= 15 is 0 Å². The lowest BCUT2D eigenvalue weighted by molar-refractivity contribution is -0.128. The number of carbonyl (C=O) groups excluding carboxylic acids is 1. The molecule has 3 aliphatic heterocycles. The number of nitrogens with one attached hydrogen (secondary N) is 1. The molecule has 3 fully saturated rings. The van der Waals surface area contributed by atoms with Gasteiger partial charge in [0, 0.05) is 24.4 Å². The summed E-state index contributed by atoms with van der Waals surface area (Å²) in [5, 5.41) is 3.30. The first-order valence-electron chi connectivity index (χ1n) is 8.76. The molecule has 3 aliphatic rings. The maximum absolute atomic E-state index is 12.9. The lowest BCUT2D eigenvalue weighted by atomic mass is 9.75. The van der Waals surface area contributed by atoms with Crippen LogP contribution in [0.3, 0.4) is 0 Å². The molecule has 0 spiro atoms. The number of ether oxygens (including phenoxy) is 1. The molecule has 1 aromatic rings. The van der Waals surface area contributed by atoms with Crippen molar-refractivity contribution in [2.45, 2.75) is 49.9 Å². The van der Waals surface area contributed by atoms with E-state index in [1.807, 2.05) is 24.5 Å². The second-order valence-electron chi connectivity index (χ2n) is 7.21. The Balaban J connectivity index is 1.48. The van der Waals surface area contributed by atoms with Crippen molar-refractivity contribution in [1.82, 2.24) is 15.2 Å². The van der Waals surface area contributed by atoms with E-state index in [1.165, 1.54) is 5.56 Å². The Hall–Kier alpha value is -1.46. The van der Waals surface area contributed by atoms with Crippen LogP contribution in [0.15, 0.2) is 24.5 Å². The lowest BCUT2D eigenvalue weighted by Gasteiger charge is -2.32. The molecular formula is C18H25N3O2. The Labute approximate surface area is 137 Å². The predicted molar refractivity (Wildman–Crippen MR) is 87.0 cm³/mol. The number of rotatable bonds is 3. The molecule has 0 saturated carbocycles. The van der Waals surface area contributed by atoms with Crippen molar-refractivity contribution in [2.75, 3.05) is 20.1 Å². The fourth-order valence-electron chi connectivity index (χ4n) is 4.47. The Morgan fingerprint density at radius 2 is 1.87 bits per heavy atom. The Morgan fingerprint density at radius 1 is 1.17 bits per heavy atom. The van der Waals surface area contributed by atoms with Crippen LogP contribution in [0, 0.1) is 5.92 Å². The molecule has 5 nitrogen and oxygen atoms in total. The lowest BCUT2D eigenvalue weighted by Crippen LogP contribution is -2.48. The number of piperidine rings is 1. The summed E-state index contributed by atoms with van der Waals surface area (Å²) in [4.78, 5) is 19.4. The maximum Gasteiger partial charge on any atom is 0.226 e. The Morgan fingerprint density at radius 3 is 2.61 bits per heavy atom. The molecule has 1 amide bonds. The summed E-state index contributed by atoms with van der Waals surface area (Å²) < 4.78 is 6.09. The van der Waals surface area contributed by atoms with Crippen LogP contribution >= 0.6 is 0 Å². The molecule has 4 heterocycles. The quantitative estimate of drug-likeness (QED) is 0.919. The van der Waals surface area contributed by atoms with Gasteiger partial charge in [0.05, 0.1) is 18.1 Å². The zero-order chi connectivity index (χ0) is 15.8. The van der Waals surface area contributed by atoms with Gasteiger partial charge >= 0.3 is 0 Å². The highest BCUT2D eigenvalue weighted by Crippen LogP contribution is 2.48. The number of nitrogens with zero attached hydrogens (tertiary/aromatic N) is 2. The molecule has 1 aromatic heterocycles. The van der Waals surface area contributed by atoms with E-state index in [-0.39, 0.29) is 30.0 Å². The van der Waals surface area contributed by atoms with Gasteiger partial charge in [0.25, 0.3) is 0 Å². The topological polar surface area (TPSA) is 54.5 Å². The van der Waals surface area contributed by atoms with E-state index in [0.717, 1.165) is 38.8 Å². The molecule has 0 aliphatic carbocycles. The molecule has 1 N–H and O–H groups in total. The van der Waals surface area contributed by atoms with Gasteiger partial charge in [0.15, 0.2) is 0 Å². The molecule has 0 unspecified atom stereocenters. The summed E-state index contributed by atoms with van der Waals surface area (Å²) >= 11 is 0. The third-order valence-electron chi connectivity index (χ3n) is 5.73. The zero-order valence-electron chi connectivity index (χ0n) is 13.6. The van der Waals surface area contributed by atoms with Crippen molar-refractivity contribution >= 4 is 5.91 Å². The maximum atomic E-state index is 12.9. The number of carbonyl (C=O) groups is 1. The van der Waals surface area contributed by atoms with E-state index in [4.69, 9.17) is 4.74 Å². The van der Waals surface area contributed by atoms with Crippen LogP contribution in [0.25, 0.3) is 0 Å². The van der Waals surface area contributed by atoms with E-state index < -0.39 is 0 Å². The van der Waals surface area contributed by atoms with Crippen molar-refractivity contribution in [1.29, 1.82) is 0 Å². The summed E-state index contributed by atoms with van der Waals surface area (Å²) in [6.07, 6.45) is 8.07. The van der Waals surface area contributed by atoms with Gasteiger partial charge in [0.2, 0.25) is 5.91 Å². The molecule has 0 radical (unpaired) electrons. The monoisotopic (exact) mass is 315 g/mol. The summed E-state index contributed by atoms with van der Waals surface area (Å²) in [6, 6.07) is 4.38. The average Bonchev–Trinajstić information content (AvgIpc) is 3.19. The first-order chi connectivity index (χ1) is 11.2. The van der Waals surface area contributed by atoms with Gasteiger partial charge < -0.3 is 15.0 Å². The minimum absolute atomic E-state index is 0.0455. The van der Waals surface area contributed by atoms with Crippen molar-refractivity contribution in [3.8, 4) is 0 Å². The van der Waals surface area contributed by atoms with Gasteiger partial charge in [-0.1, -0.05) is 0 Å². The van der Waals surface area contributed by atoms with Gasteiger partial charge in [-0.2, -0.15) is 0 Å². The summed E-state index contributed by atoms with van der Waals surface area (Å²) in [6.45, 7) is 2.12. The fourth-order valence-corrected chi connectivity index (χ4v) is 4.47. The van der Waals surface area contributed by atoms with E-state index in [2.05, 4.69) is 22.2 Å². The van der Waals surface area contributed by atoms with Crippen molar-refractivity contribution in [3.05, 3.63) is 30.1 Å². The second-order valence-corrected chi connectivity index (χ2v) is 7.21. The molecular weight excluding hydrogens is 290 g/mol. The van der Waals surface area contributed by atoms with Crippen molar-refractivity contribution in [3.63, 3.8) is 0 Å². The van der Waals surface area contributed by atoms with Crippen LogP contribution in [-0.4, -0.2) is 54.2 Å².